The summed E-state index contributed by atoms with van der Waals surface area (Å²) in [6.07, 6.45) is 3.62. The first-order valence-electron chi connectivity index (χ1n) is 3.80. The van der Waals surface area contributed by atoms with Crippen LogP contribution in [0.15, 0.2) is 12.4 Å². The number of hydrogen-bond donors (Lipinski definition) is 0. The molecule has 0 spiro atoms. The number of aryl methyl sites for hydroxylation is 1. The van der Waals surface area contributed by atoms with Crippen LogP contribution in [0.3, 0.4) is 0 Å². The molecule has 0 saturated heterocycles. The summed E-state index contributed by atoms with van der Waals surface area (Å²) in [5.74, 6) is 0.705. The van der Waals surface area contributed by atoms with E-state index in [9.17, 15) is 0 Å². The van der Waals surface area contributed by atoms with Gasteiger partial charge in [-0.05, 0) is 6.92 Å². The van der Waals surface area contributed by atoms with Crippen molar-refractivity contribution in [3.05, 3.63) is 18.2 Å². The Morgan fingerprint density at radius 1 is 1.83 bits per heavy atom. The summed E-state index contributed by atoms with van der Waals surface area (Å²) >= 11 is 3.28. The predicted octanol–water partition coefficient (Wildman–Crippen LogP) is 1.91. The van der Waals surface area contributed by atoms with Crippen molar-refractivity contribution >= 4 is 15.9 Å². The minimum Gasteiger partial charge on any atom is -0.334 e. The highest BCUT2D eigenvalue weighted by Gasteiger charge is 2.13. The number of imidazole rings is 1. The molecule has 1 unspecified atom stereocenters. The van der Waals surface area contributed by atoms with E-state index in [1.165, 1.54) is 0 Å². The molecule has 12 heavy (non-hydrogen) atoms. The van der Waals surface area contributed by atoms with E-state index in [1.807, 2.05) is 17.7 Å². The fourth-order valence-electron chi connectivity index (χ4n) is 1.06. The Kier molecular flexibility index (Phi) is 3.30. The Bertz CT molecular complexity index is 287. The highest BCUT2D eigenvalue weighted by molar-refractivity contribution is 9.09. The maximum absolute atomic E-state index is 8.78. The second-order valence-corrected chi connectivity index (χ2v) is 3.05. The van der Waals surface area contributed by atoms with Gasteiger partial charge in [-0.2, -0.15) is 5.26 Å². The highest BCUT2D eigenvalue weighted by Crippen LogP contribution is 2.14. The van der Waals surface area contributed by atoms with Gasteiger partial charge in [0.2, 0.25) is 0 Å². The van der Waals surface area contributed by atoms with Gasteiger partial charge in [-0.1, -0.05) is 15.9 Å². The van der Waals surface area contributed by atoms with Crippen molar-refractivity contribution in [1.29, 1.82) is 5.26 Å². The molecule has 1 heterocycles. The monoisotopic (exact) mass is 227 g/mol. The van der Waals surface area contributed by atoms with Gasteiger partial charge >= 0.3 is 0 Å². The SMILES string of the molecule is CCn1ccnc1C(C#N)CBr. The predicted molar refractivity (Wildman–Crippen MR) is 50.0 cm³/mol. The van der Waals surface area contributed by atoms with Crippen LogP contribution >= 0.6 is 15.9 Å². The van der Waals surface area contributed by atoms with Crippen LogP contribution in [0.25, 0.3) is 0 Å². The molecule has 1 rings (SSSR count). The zero-order valence-electron chi connectivity index (χ0n) is 6.87. The maximum Gasteiger partial charge on any atom is 0.126 e. The molecule has 0 aliphatic carbocycles. The average molecular weight is 228 g/mol. The van der Waals surface area contributed by atoms with Gasteiger partial charge in [0.25, 0.3) is 0 Å². The Morgan fingerprint density at radius 3 is 3.08 bits per heavy atom. The topological polar surface area (TPSA) is 41.6 Å². The third-order valence-electron chi connectivity index (χ3n) is 1.71. The molecule has 64 valence electrons. The summed E-state index contributed by atoms with van der Waals surface area (Å²) in [5, 5.41) is 9.42. The molecule has 0 saturated carbocycles. The zero-order chi connectivity index (χ0) is 8.97. The first-order valence-corrected chi connectivity index (χ1v) is 4.92. The summed E-state index contributed by atoms with van der Waals surface area (Å²) in [6, 6.07) is 2.20. The van der Waals surface area contributed by atoms with Crippen LogP contribution in [-0.2, 0) is 6.54 Å². The van der Waals surface area contributed by atoms with Crippen LogP contribution in [0.1, 0.15) is 18.7 Å². The highest BCUT2D eigenvalue weighted by atomic mass is 79.9. The number of hydrogen-bond acceptors (Lipinski definition) is 2. The van der Waals surface area contributed by atoms with Gasteiger partial charge in [0.05, 0.1) is 6.07 Å². The fraction of sp³-hybridized carbons (Fsp3) is 0.500. The summed E-state index contributed by atoms with van der Waals surface area (Å²) in [4.78, 5) is 4.14. The molecule has 0 fully saturated rings. The summed E-state index contributed by atoms with van der Waals surface area (Å²) in [6.45, 7) is 2.90. The largest absolute Gasteiger partial charge is 0.334 e. The molecule has 1 aromatic rings. The number of halogens is 1. The van der Waals surface area contributed by atoms with E-state index >= 15 is 0 Å². The normalized spacial score (nSPS) is 12.4. The van der Waals surface area contributed by atoms with Crippen molar-refractivity contribution < 1.29 is 0 Å². The Labute approximate surface area is 80.2 Å². The Balaban J connectivity index is 2.93. The number of nitriles is 1. The number of rotatable bonds is 3. The average Bonchev–Trinajstić information content (AvgIpc) is 2.55. The molecule has 0 radical (unpaired) electrons. The van der Waals surface area contributed by atoms with E-state index in [2.05, 4.69) is 27.0 Å². The van der Waals surface area contributed by atoms with E-state index in [0.29, 0.717) is 5.33 Å². The second kappa shape index (κ2) is 4.27. The smallest absolute Gasteiger partial charge is 0.126 e. The molecule has 3 nitrogen and oxygen atoms in total. The van der Waals surface area contributed by atoms with Crippen LogP contribution in [0.2, 0.25) is 0 Å². The van der Waals surface area contributed by atoms with Gasteiger partial charge in [0.15, 0.2) is 0 Å². The number of alkyl halides is 1. The van der Waals surface area contributed by atoms with Crippen molar-refractivity contribution in [3.8, 4) is 6.07 Å². The summed E-state index contributed by atoms with van der Waals surface area (Å²) in [7, 11) is 0. The third kappa shape index (κ3) is 1.67. The molecule has 1 atom stereocenters. The lowest BCUT2D eigenvalue weighted by molar-refractivity contribution is 0.686. The standard InChI is InChI=1S/C8H10BrN3/c1-2-12-4-3-11-8(12)7(5-9)6-10/h3-4,7H,2,5H2,1H3. The van der Waals surface area contributed by atoms with E-state index in [0.717, 1.165) is 12.4 Å². The van der Waals surface area contributed by atoms with Gasteiger partial charge in [-0.25, -0.2) is 4.98 Å². The summed E-state index contributed by atoms with van der Waals surface area (Å²) < 4.78 is 1.98. The van der Waals surface area contributed by atoms with Gasteiger partial charge in [0, 0.05) is 24.3 Å². The molecular weight excluding hydrogens is 218 g/mol. The first-order chi connectivity index (χ1) is 5.83. The minimum atomic E-state index is -0.139. The molecular formula is C8H10BrN3. The van der Waals surface area contributed by atoms with Crippen molar-refractivity contribution in [2.45, 2.75) is 19.4 Å². The van der Waals surface area contributed by atoms with Crippen LogP contribution < -0.4 is 0 Å². The van der Waals surface area contributed by atoms with Crippen LogP contribution in [0.5, 0.6) is 0 Å². The molecule has 0 bridgehead atoms. The van der Waals surface area contributed by atoms with Crippen molar-refractivity contribution in [2.75, 3.05) is 5.33 Å². The Hall–Kier alpha value is -0.820. The lowest BCUT2D eigenvalue weighted by atomic mass is 10.2. The van der Waals surface area contributed by atoms with E-state index in [1.54, 1.807) is 6.20 Å². The number of aromatic nitrogens is 2. The zero-order valence-corrected chi connectivity index (χ0v) is 8.45. The van der Waals surface area contributed by atoms with Gasteiger partial charge in [-0.3, -0.25) is 0 Å². The molecule has 4 heteroatoms. The lowest BCUT2D eigenvalue weighted by Crippen LogP contribution is -2.07. The molecule has 0 amide bonds. The molecule has 1 aromatic heterocycles. The van der Waals surface area contributed by atoms with Gasteiger partial charge in [-0.15, -0.1) is 0 Å². The molecule has 0 N–H and O–H groups in total. The molecule has 0 aliphatic rings. The second-order valence-electron chi connectivity index (χ2n) is 2.41. The minimum absolute atomic E-state index is 0.139. The van der Waals surface area contributed by atoms with E-state index in [4.69, 9.17) is 5.26 Å². The van der Waals surface area contributed by atoms with Crippen LogP contribution in [-0.4, -0.2) is 14.9 Å². The molecule has 0 aromatic carbocycles. The van der Waals surface area contributed by atoms with Crippen molar-refractivity contribution in [2.24, 2.45) is 0 Å². The number of nitrogens with zero attached hydrogens (tertiary/aromatic N) is 3. The van der Waals surface area contributed by atoms with Crippen LogP contribution in [0.4, 0.5) is 0 Å². The van der Waals surface area contributed by atoms with Crippen LogP contribution in [0, 0.1) is 11.3 Å². The van der Waals surface area contributed by atoms with Gasteiger partial charge in [0.1, 0.15) is 11.7 Å². The van der Waals surface area contributed by atoms with Crippen molar-refractivity contribution in [1.82, 2.24) is 9.55 Å². The maximum atomic E-state index is 8.78. The Morgan fingerprint density at radius 2 is 2.58 bits per heavy atom. The van der Waals surface area contributed by atoms with Gasteiger partial charge < -0.3 is 4.57 Å². The fourth-order valence-corrected chi connectivity index (χ4v) is 1.49. The lowest BCUT2D eigenvalue weighted by Gasteiger charge is -2.06. The quantitative estimate of drug-likeness (QED) is 0.741. The third-order valence-corrected chi connectivity index (χ3v) is 2.36. The first kappa shape index (κ1) is 9.27. The van der Waals surface area contributed by atoms with Crippen molar-refractivity contribution in [3.63, 3.8) is 0 Å². The molecule has 0 aliphatic heterocycles. The van der Waals surface area contributed by atoms with E-state index < -0.39 is 0 Å². The van der Waals surface area contributed by atoms with E-state index in [-0.39, 0.29) is 5.92 Å². The summed E-state index contributed by atoms with van der Waals surface area (Å²) in [5.41, 5.74) is 0.